The van der Waals surface area contributed by atoms with Gasteiger partial charge in [-0.2, -0.15) is 5.10 Å². The summed E-state index contributed by atoms with van der Waals surface area (Å²) in [5.74, 6) is 1.41. The molecule has 5 heterocycles. The molecule has 12 heteroatoms. The van der Waals surface area contributed by atoms with E-state index in [-0.39, 0.29) is 0 Å². The molecule has 168 valence electrons. The fourth-order valence-corrected chi connectivity index (χ4v) is 5.50. The van der Waals surface area contributed by atoms with Gasteiger partial charge in [0.1, 0.15) is 0 Å². The van der Waals surface area contributed by atoms with Crippen LogP contribution in [-0.2, 0) is 21.3 Å². The highest BCUT2D eigenvalue weighted by Crippen LogP contribution is 2.38. The molecule has 0 bridgehead atoms. The molecule has 0 saturated carbocycles. The highest BCUT2D eigenvalue weighted by molar-refractivity contribution is 7.88. The van der Waals surface area contributed by atoms with E-state index in [1.54, 1.807) is 37.0 Å². The lowest BCUT2D eigenvalue weighted by Crippen LogP contribution is -2.36. The van der Waals surface area contributed by atoms with Crippen molar-refractivity contribution >= 4 is 48.3 Å². The summed E-state index contributed by atoms with van der Waals surface area (Å²) < 4.78 is 31.8. The van der Waals surface area contributed by atoms with Gasteiger partial charge in [0.15, 0.2) is 11.6 Å². The molecule has 1 aliphatic rings. The molecule has 0 aliphatic carbocycles. The number of aromatic amines is 1. The van der Waals surface area contributed by atoms with Gasteiger partial charge < -0.3 is 9.64 Å². The van der Waals surface area contributed by atoms with E-state index in [4.69, 9.17) is 14.7 Å². The molecule has 1 N–H and O–H groups in total. The number of thiophene rings is 1. The number of nitrogens with zero attached hydrogens (tertiary/aromatic N) is 6. The van der Waals surface area contributed by atoms with E-state index in [2.05, 4.69) is 20.1 Å². The Bertz CT molecular complexity index is 1410. The lowest BCUT2D eigenvalue weighted by Gasteiger charge is -2.28. The van der Waals surface area contributed by atoms with Crippen molar-refractivity contribution in [2.24, 2.45) is 0 Å². The molecule has 0 atom stereocenters. The van der Waals surface area contributed by atoms with E-state index in [0.29, 0.717) is 25.6 Å². The monoisotopic (exact) mass is 473 g/mol. The molecule has 1 aliphatic heterocycles. The molecular formula is C20H23N7O3S2. The SMILES string of the molecule is Cc1c(CN(C)S(C)(=O)=O)sc2c(N3CCOCC3)nc(-c3cncc4[nH]ncc34)nc12. The summed E-state index contributed by atoms with van der Waals surface area (Å²) in [7, 11) is -1.71. The van der Waals surface area contributed by atoms with Gasteiger partial charge in [0.05, 0.1) is 47.6 Å². The summed E-state index contributed by atoms with van der Waals surface area (Å²) in [6.45, 7) is 5.01. The number of hydrogen-bond donors (Lipinski definition) is 1. The number of fused-ring (bicyclic) bond motifs is 2. The van der Waals surface area contributed by atoms with Crippen LogP contribution in [0.2, 0.25) is 0 Å². The first-order valence-electron chi connectivity index (χ1n) is 10.1. The van der Waals surface area contributed by atoms with Crippen LogP contribution in [0.3, 0.4) is 0 Å². The van der Waals surface area contributed by atoms with E-state index in [0.717, 1.165) is 56.0 Å². The Balaban J connectivity index is 1.71. The van der Waals surface area contributed by atoms with Gasteiger partial charge in [-0.15, -0.1) is 11.3 Å². The first-order chi connectivity index (χ1) is 15.3. The molecule has 10 nitrogen and oxygen atoms in total. The van der Waals surface area contributed by atoms with Gasteiger partial charge in [-0.05, 0) is 12.5 Å². The molecular weight excluding hydrogens is 450 g/mol. The second-order valence-electron chi connectivity index (χ2n) is 7.84. The maximum Gasteiger partial charge on any atom is 0.211 e. The van der Waals surface area contributed by atoms with E-state index < -0.39 is 10.0 Å². The fourth-order valence-electron chi connectivity index (χ4n) is 3.74. The minimum atomic E-state index is -3.30. The number of pyridine rings is 1. The molecule has 1 saturated heterocycles. The molecule has 0 radical (unpaired) electrons. The average molecular weight is 474 g/mol. The van der Waals surface area contributed by atoms with Gasteiger partial charge >= 0.3 is 0 Å². The summed E-state index contributed by atoms with van der Waals surface area (Å²) in [6, 6.07) is 0. The zero-order valence-electron chi connectivity index (χ0n) is 18.0. The maximum absolute atomic E-state index is 12.0. The van der Waals surface area contributed by atoms with Gasteiger partial charge in [0, 0.05) is 48.7 Å². The highest BCUT2D eigenvalue weighted by atomic mass is 32.2. The number of anilines is 1. The summed E-state index contributed by atoms with van der Waals surface area (Å²) in [5, 5.41) is 7.97. The van der Waals surface area contributed by atoms with Gasteiger partial charge in [0.25, 0.3) is 0 Å². The number of H-pyrrole nitrogens is 1. The second-order valence-corrected chi connectivity index (χ2v) is 11.0. The van der Waals surface area contributed by atoms with Crippen LogP contribution in [0.5, 0.6) is 0 Å². The predicted molar refractivity (Wildman–Crippen MR) is 124 cm³/mol. The lowest BCUT2D eigenvalue weighted by molar-refractivity contribution is 0.122. The van der Waals surface area contributed by atoms with Crippen molar-refractivity contribution in [3.05, 3.63) is 29.0 Å². The Hall–Kier alpha value is -2.67. The van der Waals surface area contributed by atoms with Crippen LogP contribution in [0.4, 0.5) is 5.82 Å². The predicted octanol–water partition coefficient (Wildman–Crippen LogP) is 2.17. The second kappa shape index (κ2) is 8.03. The van der Waals surface area contributed by atoms with Gasteiger partial charge in [0.2, 0.25) is 10.0 Å². The van der Waals surface area contributed by atoms with Crippen LogP contribution in [0.15, 0.2) is 18.6 Å². The Kier molecular flexibility index (Phi) is 5.32. The van der Waals surface area contributed by atoms with Crippen molar-refractivity contribution in [3.63, 3.8) is 0 Å². The third-order valence-corrected chi connectivity index (χ3v) is 8.22. The van der Waals surface area contributed by atoms with E-state index in [1.807, 2.05) is 6.92 Å². The fraction of sp³-hybridized carbons (Fsp3) is 0.400. The molecule has 0 spiro atoms. The van der Waals surface area contributed by atoms with Gasteiger partial charge in [-0.25, -0.2) is 22.7 Å². The Morgan fingerprint density at radius 1 is 1.22 bits per heavy atom. The number of aromatic nitrogens is 5. The minimum Gasteiger partial charge on any atom is -0.378 e. The molecule has 0 aromatic carbocycles. The molecule has 1 fully saturated rings. The van der Waals surface area contributed by atoms with Gasteiger partial charge in [-0.1, -0.05) is 0 Å². The lowest BCUT2D eigenvalue weighted by atomic mass is 10.1. The molecule has 5 rings (SSSR count). The Morgan fingerprint density at radius 2 is 2.00 bits per heavy atom. The van der Waals surface area contributed by atoms with E-state index in [1.165, 1.54) is 10.6 Å². The zero-order valence-corrected chi connectivity index (χ0v) is 19.6. The minimum absolute atomic E-state index is 0.294. The standard InChI is InChI=1S/C20H23N7O3S2/c1-12-16(11-26(2)32(3,28)29)31-18-17(12)23-19(24-20(18)27-4-6-30-7-5-27)14-8-21-10-15-13(14)9-22-25-15/h8-10H,4-7,11H2,1-3H3,(H,22,25). The molecule has 32 heavy (non-hydrogen) atoms. The first kappa shape index (κ1) is 21.2. The number of morpholine rings is 1. The van der Waals surface area contributed by atoms with Gasteiger partial charge in [-0.3, -0.25) is 10.1 Å². The third kappa shape index (κ3) is 3.72. The van der Waals surface area contributed by atoms with Crippen LogP contribution in [0.1, 0.15) is 10.4 Å². The number of rotatable bonds is 5. The van der Waals surface area contributed by atoms with Crippen molar-refractivity contribution in [1.29, 1.82) is 0 Å². The van der Waals surface area contributed by atoms with Crippen molar-refractivity contribution in [1.82, 2.24) is 29.5 Å². The van der Waals surface area contributed by atoms with Crippen LogP contribution in [-0.4, -0.2) is 77.5 Å². The Labute approximate surface area is 189 Å². The summed E-state index contributed by atoms with van der Waals surface area (Å²) in [4.78, 5) is 17.4. The summed E-state index contributed by atoms with van der Waals surface area (Å²) >= 11 is 1.55. The molecule has 0 amide bonds. The summed E-state index contributed by atoms with van der Waals surface area (Å²) in [5.41, 5.74) is 3.41. The molecule has 0 unspecified atom stereocenters. The van der Waals surface area contributed by atoms with Crippen molar-refractivity contribution in [2.45, 2.75) is 13.5 Å². The van der Waals surface area contributed by atoms with E-state index >= 15 is 0 Å². The Morgan fingerprint density at radius 3 is 2.75 bits per heavy atom. The zero-order chi connectivity index (χ0) is 22.5. The highest BCUT2D eigenvalue weighted by Gasteiger charge is 2.24. The smallest absolute Gasteiger partial charge is 0.211 e. The number of hydrogen-bond acceptors (Lipinski definition) is 9. The first-order valence-corrected chi connectivity index (χ1v) is 12.8. The molecule has 4 aromatic rings. The number of sulfonamides is 1. The van der Waals surface area contributed by atoms with Crippen molar-refractivity contribution < 1.29 is 13.2 Å². The van der Waals surface area contributed by atoms with E-state index in [9.17, 15) is 8.42 Å². The largest absolute Gasteiger partial charge is 0.378 e. The third-order valence-electron chi connectivity index (χ3n) is 5.70. The number of ether oxygens (including phenoxy) is 1. The van der Waals surface area contributed by atoms with Crippen molar-refractivity contribution in [2.75, 3.05) is 44.5 Å². The quantitative estimate of drug-likeness (QED) is 0.469. The van der Waals surface area contributed by atoms with Crippen LogP contribution in [0.25, 0.3) is 32.5 Å². The topological polar surface area (TPSA) is 117 Å². The summed E-state index contributed by atoms with van der Waals surface area (Å²) in [6.07, 6.45) is 6.44. The molecule has 4 aromatic heterocycles. The number of nitrogens with one attached hydrogen (secondary N) is 1. The van der Waals surface area contributed by atoms with Crippen LogP contribution in [0, 0.1) is 6.92 Å². The maximum atomic E-state index is 12.0. The van der Waals surface area contributed by atoms with Crippen LogP contribution < -0.4 is 4.90 Å². The van der Waals surface area contributed by atoms with Crippen molar-refractivity contribution in [3.8, 4) is 11.4 Å². The van der Waals surface area contributed by atoms with Crippen LogP contribution >= 0.6 is 11.3 Å². The number of aryl methyl sites for hydroxylation is 1. The average Bonchev–Trinajstić information content (AvgIpc) is 3.38. The normalized spacial score (nSPS) is 15.3.